The van der Waals surface area contributed by atoms with Crippen LogP contribution in [0.15, 0.2) is 54.9 Å². The first-order valence-corrected chi connectivity index (χ1v) is 10.7. The van der Waals surface area contributed by atoms with Crippen molar-refractivity contribution in [2.45, 2.75) is 12.5 Å². The average molecular weight is 436 g/mol. The molecule has 158 valence electrons. The minimum absolute atomic E-state index is 0.355. The van der Waals surface area contributed by atoms with Gasteiger partial charge in [-0.1, -0.05) is 17.7 Å². The molecule has 0 unspecified atom stereocenters. The van der Waals surface area contributed by atoms with Crippen LogP contribution in [0.25, 0.3) is 33.3 Å². The molecule has 2 aromatic carbocycles. The number of nitrogens with zero attached hydrogens (tertiary/aromatic N) is 4. The zero-order chi connectivity index (χ0) is 21.5. The van der Waals surface area contributed by atoms with Gasteiger partial charge in [0.15, 0.2) is 0 Å². The number of halogens is 2. The summed E-state index contributed by atoms with van der Waals surface area (Å²) in [5, 5.41) is 8.69. The van der Waals surface area contributed by atoms with Crippen LogP contribution in [-0.4, -0.2) is 53.3 Å². The summed E-state index contributed by atoms with van der Waals surface area (Å²) in [6.45, 7) is 2.02. The fraction of sp³-hybridized carbons (Fsp3) is 0.250. The predicted octanol–water partition coefficient (Wildman–Crippen LogP) is 5.22. The summed E-state index contributed by atoms with van der Waals surface area (Å²) < 4.78 is 14.5. The van der Waals surface area contributed by atoms with E-state index in [-0.39, 0.29) is 5.82 Å². The van der Waals surface area contributed by atoms with E-state index >= 15 is 0 Å². The Morgan fingerprint density at radius 3 is 2.81 bits per heavy atom. The molecule has 0 aliphatic carbocycles. The highest BCUT2D eigenvalue weighted by atomic mass is 35.5. The molecule has 5 rings (SSSR count). The summed E-state index contributed by atoms with van der Waals surface area (Å²) in [5.74, 6) is -0.355. The van der Waals surface area contributed by atoms with Crippen LogP contribution in [0, 0.1) is 5.82 Å². The van der Waals surface area contributed by atoms with Crippen molar-refractivity contribution in [3.63, 3.8) is 0 Å². The minimum Gasteiger partial charge on any atom is -0.369 e. The maximum absolute atomic E-state index is 14.5. The first kappa shape index (κ1) is 20.0. The number of pyridine rings is 1. The Bertz CT molecular complexity index is 1250. The third-order valence-corrected chi connectivity index (χ3v) is 6.30. The number of rotatable bonds is 4. The van der Waals surface area contributed by atoms with Gasteiger partial charge in [-0.15, -0.1) is 0 Å². The molecule has 0 bridgehead atoms. The summed E-state index contributed by atoms with van der Waals surface area (Å²) in [7, 11) is 4.26. The van der Waals surface area contributed by atoms with Gasteiger partial charge in [-0.05, 0) is 62.5 Å². The molecule has 1 N–H and O–H groups in total. The molecule has 3 heterocycles. The molecular weight excluding hydrogens is 413 g/mol. The van der Waals surface area contributed by atoms with Gasteiger partial charge in [-0.25, -0.2) is 4.39 Å². The first-order chi connectivity index (χ1) is 15.0. The first-order valence-electron chi connectivity index (χ1n) is 10.3. The van der Waals surface area contributed by atoms with E-state index in [2.05, 4.69) is 51.2 Å². The van der Waals surface area contributed by atoms with Crippen molar-refractivity contribution in [3.05, 3.63) is 65.7 Å². The lowest BCUT2D eigenvalue weighted by atomic mass is 10.00. The quantitative estimate of drug-likeness (QED) is 0.477. The van der Waals surface area contributed by atoms with E-state index in [1.54, 1.807) is 12.3 Å². The molecule has 1 saturated heterocycles. The minimum atomic E-state index is -0.355. The molecule has 1 atom stereocenters. The SMILES string of the molecule is CN(C)[C@H]1CCN(c2cnc3ccc(-c4c[nH]nc4-c4cc(Cl)ccc4F)cc3c2)C1. The fourth-order valence-corrected chi connectivity index (χ4v) is 4.42. The van der Waals surface area contributed by atoms with Crippen LogP contribution in [0.1, 0.15) is 6.42 Å². The average Bonchev–Trinajstić information content (AvgIpc) is 3.45. The molecule has 1 aliphatic rings. The molecule has 0 amide bonds. The third kappa shape index (κ3) is 3.77. The second-order valence-electron chi connectivity index (χ2n) is 8.22. The Hall–Kier alpha value is -2.96. The van der Waals surface area contributed by atoms with E-state index in [1.807, 2.05) is 18.3 Å². The molecule has 1 aliphatic heterocycles. The van der Waals surface area contributed by atoms with E-state index in [9.17, 15) is 4.39 Å². The molecule has 2 aromatic heterocycles. The van der Waals surface area contributed by atoms with Crippen molar-refractivity contribution in [1.82, 2.24) is 20.1 Å². The van der Waals surface area contributed by atoms with Crippen LogP contribution in [0.5, 0.6) is 0 Å². The summed E-state index contributed by atoms with van der Waals surface area (Å²) >= 11 is 6.10. The lowest BCUT2D eigenvalue weighted by Gasteiger charge is -2.21. The van der Waals surface area contributed by atoms with Crippen molar-refractivity contribution in [2.75, 3.05) is 32.1 Å². The van der Waals surface area contributed by atoms with Gasteiger partial charge >= 0.3 is 0 Å². The second-order valence-corrected chi connectivity index (χ2v) is 8.66. The number of benzene rings is 2. The molecule has 0 spiro atoms. The number of hydrogen-bond donors (Lipinski definition) is 1. The Morgan fingerprint density at radius 1 is 1.13 bits per heavy atom. The number of fused-ring (bicyclic) bond motifs is 1. The van der Waals surface area contributed by atoms with Crippen LogP contribution < -0.4 is 4.90 Å². The van der Waals surface area contributed by atoms with Gasteiger partial charge in [0.05, 0.1) is 17.4 Å². The van der Waals surface area contributed by atoms with Crippen molar-refractivity contribution in [3.8, 4) is 22.4 Å². The number of H-pyrrole nitrogens is 1. The summed E-state index contributed by atoms with van der Waals surface area (Å²) in [6.07, 6.45) is 4.88. The largest absolute Gasteiger partial charge is 0.369 e. The lowest BCUT2D eigenvalue weighted by Crippen LogP contribution is -2.31. The number of nitrogens with one attached hydrogen (secondary N) is 1. The molecule has 0 radical (unpaired) electrons. The summed E-state index contributed by atoms with van der Waals surface area (Å²) in [4.78, 5) is 9.33. The van der Waals surface area contributed by atoms with Crippen LogP contribution in [-0.2, 0) is 0 Å². The Morgan fingerprint density at radius 2 is 2.00 bits per heavy atom. The molecule has 1 fully saturated rings. The third-order valence-electron chi connectivity index (χ3n) is 6.06. The molecule has 5 nitrogen and oxygen atoms in total. The Labute approximate surface area is 185 Å². The summed E-state index contributed by atoms with van der Waals surface area (Å²) in [6, 6.07) is 13.3. The molecular formula is C24H23ClFN5. The van der Waals surface area contributed by atoms with Gasteiger partial charge in [0.25, 0.3) is 0 Å². The number of likely N-dealkylation sites (N-methyl/N-ethyl adjacent to an activating group) is 1. The topological polar surface area (TPSA) is 48.0 Å². The van der Waals surface area contributed by atoms with Crippen LogP contribution in [0.4, 0.5) is 10.1 Å². The van der Waals surface area contributed by atoms with E-state index in [0.717, 1.165) is 47.2 Å². The Balaban J connectivity index is 1.53. The fourth-order valence-electron chi connectivity index (χ4n) is 4.25. The zero-order valence-electron chi connectivity index (χ0n) is 17.4. The summed E-state index contributed by atoms with van der Waals surface area (Å²) in [5.41, 5.74) is 4.74. The highest BCUT2D eigenvalue weighted by molar-refractivity contribution is 6.30. The normalized spacial score (nSPS) is 16.5. The Kier molecular flexibility index (Phi) is 5.12. The van der Waals surface area contributed by atoms with Gasteiger partial charge in [0, 0.05) is 46.9 Å². The highest BCUT2D eigenvalue weighted by Gasteiger charge is 2.24. The van der Waals surface area contributed by atoms with E-state index in [0.29, 0.717) is 22.3 Å². The maximum atomic E-state index is 14.5. The van der Waals surface area contributed by atoms with Crippen LogP contribution >= 0.6 is 11.6 Å². The standard InChI is InChI=1S/C24H23ClFN5/c1-30(2)18-7-8-31(14-18)19-10-16-9-15(3-6-23(16)27-12-19)21-13-28-29-24(21)20-11-17(25)4-5-22(20)26/h3-6,9-13,18H,7-8,14H2,1-2H3,(H,28,29)/t18-/m0/s1. The van der Waals surface area contributed by atoms with Crippen molar-refractivity contribution in [2.24, 2.45) is 0 Å². The molecule has 31 heavy (non-hydrogen) atoms. The van der Waals surface area contributed by atoms with Gasteiger partial charge in [0.2, 0.25) is 0 Å². The van der Waals surface area contributed by atoms with E-state index in [4.69, 9.17) is 11.6 Å². The number of aromatic nitrogens is 3. The molecule has 4 aromatic rings. The number of hydrogen-bond acceptors (Lipinski definition) is 4. The number of aromatic amines is 1. The second kappa shape index (κ2) is 7.94. The van der Waals surface area contributed by atoms with E-state index < -0.39 is 0 Å². The highest BCUT2D eigenvalue weighted by Crippen LogP contribution is 2.35. The lowest BCUT2D eigenvalue weighted by molar-refractivity contribution is 0.315. The molecule has 7 heteroatoms. The van der Waals surface area contributed by atoms with Gasteiger partial charge in [-0.2, -0.15) is 5.10 Å². The maximum Gasteiger partial charge on any atom is 0.132 e. The van der Waals surface area contributed by atoms with Crippen molar-refractivity contribution < 1.29 is 4.39 Å². The van der Waals surface area contributed by atoms with Gasteiger partial charge in [0.1, 0.15) is 11.5 Å². The predicted molar refractivity (Wildman–Crippen MR) is 124 cm³/mol. The van der Waals surface area contributed by atoms with Gasteiger partial charge in [-0.3, -0.25) is 10.1 Å². The molecule has 0 saturated carbocycles. The van der Waals surface area contributed by atoms with Crippen molar-refractivity contribution in [1.29, 1.82) is 0 Å². The zero-order valence-corrected chi connectivity index (χ0v) is 18.2. The monoisotopic (exact) mass is 435 g/mol. The van der Waals surface area contributed by atoms with Crippen LogP contribution in [0.3, 0.4) is 0 Å². The number of anilines is 1. The van der Waals surface area contributed by atoms with E-state index in [1.165, 1.54) is 12.1 Å². The smallest absolute Gasteiger partial charge is 0.132 e. The van der Waals surface area contributed by atoms with Gasteiger partial charge < -0.3 is 9.80 Å². The van der Waals surface area contributed by atoms with Crippen LogP contribution in [0.2, 0.25) is 5.02 Å². The van der Waals surface area contributed by atoms with Crippen molar-refractivity contribution >= 4 is 28.2 Å².